The first-order chi connectivity index (χ1) is 14.7. The van der Waals surface area contributed by atoms with Gasteiger partial charge in [0.2, 0.25) is 6.79 Å². The lowest BCUT2D eigenvalue weighted by Gasteiger charge is -2.34. The fraction of sp³-hybridized carbons (Fsp3) is 0.350. The van der Waals surface area contributed by atoms with E-state index in [4.69, 9.17) is 9.47 Å². The molecule has 0 unspecified atom stereocenters. The SMILES string of the molecule is O=C(c1cc2c(cc1[N+](=O)[O-])OCO2)N1CCN(Cc2ccc(C(F)(F)F)cc2)CC1. The van der Waals surface area contributed by atoms with Crippen LogP contribution in [-0.2, 0) is 12.7 Å². The van der Waals surface area contributed by atoms with Crippen molar-refractivity contribution in [3.05, 3.63) is 63.2 Å². The minimum absolute atomic E-state index is 0.0627. The van der Waals surface area contributed by atoms with Gasteiger partial charge in [0.05, 0.1) is 16.6 Å². The molecular formula is C20H18F3N3O5. The van der Waals surface area contributed by atoms with Crippen LogP contribution in [0.2, 0.25) is 0 Å². The van der Waals surface area contributed by atoms with Crippen LogP contribution >= 0.6 is 0 Å². The Bertz CT molecular complexity index is 1000. The molecule has 164 valence electrons. The number of nitrogens with zero attached hydrogens (tertiary/aromatic N) is 3. The lowest BCUT2D eigenvalue weighted by Crippen LogP contribution is -2.48. The van der Waals surface area contributed by atoms with Crippen LogP contribution in [0.5, 0.6) is 11.5 Å². The van der Waals surface area contributed by atoms with Gasteiger partial charge in [-0.1, -0.05) is 12.1 Å². The molecule has 0 radical (unpaired) electrons. The topological polar surface area (TPSA) is 85.1 Å². The third-order valence-corrected chi connectivity index (χ3v) is 5.26. The predicted octanol–water partition coefficient (Wildman–Crippen LogP) is 3.30. The Morgan fingerprint density at radius 1 is 1.03 bits per heavy atom. The highest BCUT2D eigenvalue weighted by Crippen LogP contribution is 2.38. The number of carbonyl (C=O) groups excluding carboxylic acids is 1. The Kier molecular flexibility index (Phi) is 5.44. The van der Waals surface area contributed by atoms with Crippen molar-refractivity contribution in [3.8, 4) is 11.5 Å². The third-order valence-electron chi connectivity index (χ3n) is 5.26. The van der Waals surface area contributed by atoms with E-state index in [0.717, 1.165) is 17.7 Å². The molecule has 0 aromatic heterocycles. The van der Waals surface area contributed by atoms with E-state index >= 15 is 0 Å². The van der Waals surface area contributed by atoms with Crippen molar-refractivity contribution >= 4 is 11.6 Å². The van der Waals surface area contributed by atoms with Crippen LogP contribution in [0.3, 0.4) is 0 Å². The van der Waals surface area contributed by atoms with Crippen LogP contribution in [0, 0.1) is 10.1 Å². The summed E-state index contributed by atoms with van der Waals surface area (Å²) in [6.45, 7) is 2.05. The van der Waals surface area contributed by atoms with Gasteiger partial charge in [-0.2, -0.15) is 13.2 Å². The average Bonchev–Trinajstić information content (AvgIpc) is 3.20. The van der Waals surface area contributed by atoms with Crippen molar-refractivity contribution in [1.82, 2.24) is 9.80 Å². The highest BCUT2D eigenvalue weighted by molar-refractivity contribution is 5.99. The molecule has 2 aromatic rings. The molecule has 0 atom stereocenters. The molecule has 0 saturated carbocycles. The zero-order valence-corrected chi connectivity index (χ0v) is 16.2. The summed E-state index contributed by atoms with van der Waals surface area (Å²) in [6.07, 6.45) is -4.37. The Morgan fingerprint density at radius 2 is 1.65 bits per heavy atom. The smallest absolute Gasteiger partial charge is 0.416 e. The number of alkyl halides is 3. The normalized spacial score (nSPS) is 16.4. The molecule has 1 fully saturated rings. The summed E-state index contributed by atoms with van der Waals surface area (Å²) in [6, 6.07) is 7.50. The fourth-order valence-corrected chi connectivity index (χ4v) is 3.59. The van der Waals surface area contributed by atoms with E-state index in [1.165, 1.54) is 29.2 Å². The summed E-state index contributed by atoms with van der Waals surface area (Å²) in [4.78, 5) is 27.2. The number of piperazine rings is 1. The molecule has 0 bridgehead atoms. The van der Waals surface area contributed by atoms with Crippen LogP contribution in [0.15, 0.2) is 36.4 Å². The summed E-state index contributed by atoms with van der Waals surface area (Å²) in [5.41, 5.74) is -0.372. The van der Waals surface area contributed by atoms with E-state index in [1.807, 2.05) is 4.90 Å². The van der Waals surface area contributed by atoms with Gasteiger partial charge in [-0.15, -0.1) is 0 Å². The number of amides is 1. The maximum Gasteiger partial charge on any atom is 0.416 e. The number of nitro groups is 1. The first kappa shape index (κ1) is 20.9. The van der Waals surface area contributed by atoms with Gasteiger partial charge in [-0.3, -0.25) is 19.8 Å². The number of benzene rings is 2. The van der Waals surface area contributed by atoms with Gasteiger partial charge in [0.1, 0.15) is 5.56 Å². The number of carbonyl (C=O) groups is 1. The number of ether oxygens (including phenoxy) is 2. The Hall–Kier alpha value is -3.34. The van der Waals surface area contributed by atoms with Gasteiger partial charge in [-0.25, -0.2) is 0 Å². The number of hydrogen-bond acceptors (Lipinski definition) is 6. The molecule has 0 N–H and O–H groups in total. The minimum atomic E-state index is -4.37. The lowest BCUT2D eigenvalue weighted by atomic mass is 10.1. The van der Waals surface area contributed by atoms with Crippen LogP contribution in [0.1, 0.15) is 21.5 Å². The van der Waals surface area contributed by atoms with Crippen molar-refractivity contribution in [3.63, 3.8) is 0 Å². The fourth-order valence-electron chi connectivity index (χ4n) is 3.59. The minimum Gasteiger partial charge on any atom is -0.454 e. The molecule has 8 nitrogen and oxygen atoms in total. The molecule has 2 heterocycles. The van der Waals surface area contributed by atoms with Crippen molar-refractivity contribution in [2.24, 2.45) is 0 Å². The summed E-state index contributed by atoms with van der Waals surface area (Å²) >= 11 is 0. The maximum atomic E-state index is 12.9. The maximum absolute atomic E-state index is 12.9. The summed E-state index contributed by atoms with van der Waals surface area (Å²) in [5.74, 6) is 0.0404. The molecule has 2 aliphatic heterocycles. The number of halogens is 3. The Labute approximate surface area is 174 Å². The van der Waals surface area contributed by atoms with Gasteiger partial charge in [0.15, 0.2) is 11.5 Å². The average molecular weight is 437 g/mol. The van der Waals surface area contributed by atoms with Gasteiger partial charge >= 0.3 is 6.18 Å². The summed E-state index contributed by atoms with van der Waals surface area (Å²) in [5, 5.41) is 11.4. The Morgan fingerprint density at radius 3 is 2.23 bits per heavy atom. The molecular weight excluding hydrogens is 419 g/mol. The molecule has 31 heavy (non-hydrogen) atoms. The van der Waals surface area contributed by atoms with Crippen LogP contribution in [0.4, 0.5) is 18.9 Å². The molecule has 1 amide bonds. The van der Waals surface area contributed by atoms with E-state index < -0.39 is 22.6 Å². The van der Waals surface area contributed by atoms with Crippen molar-refractivity contribution in [2.75, 3.05) is 33.0 Å². The standard InChI is InChI=1S/C20H18F3N3O5/c21-20(22,23)14-3-1-13(2-4-14)11-24-5-7-25(8-6-24)19(27)15-9-17-18(31-12-30-17)10-16(15)26(28)29/h1-4,9-10H,5-8,11-12H2. The number of hydrogen-bond donors (Lipinski definition) is 0. The largest absolute Gasteiger partial charge is 0.454 e. The molecule has 0 spiro atoms. The second kappa shape index (κ2) is 8.06. The van der Waals surface area contributed by atoms with Crippen LogP contribution in [-0.4, -0.2) is 53.6 Å². The summed E-state index contributed by atoms with van der Waals surface area (Å²) in [7, 11) is 0. The molecule has 11 heteroatoms. The van der Waals surface area contributed by atoms with Gasteiger partial charge < -0.3 is 14.4 Å². The van der Waals surface area contributed by atoms with Crippen LogP contribution < -0.4 is 9.47 Å². The first-order valence-corrected chi connectivity index (χ1v) is 9.48. The van der Waals surface area contributed by atoms with Crippen LogP contribution in [0.25, 0.3) is 0 Å². The molecule has 4 rings (SSSR count). The third kappa shape index (κ3) is 4.41. The van der Waals surface area contributed by atoms with E-state index in [2.05, 4.69) is 0 Å². The zero-order chi connectivity index (χ0) is 22.2. The van der Waals surface area contributed by atoms with Crippen molar-refractivity contribution in [2.45, 2.75) is 12.7 Å². The van der Waals surface area contributed by atoms with Gasteiger partial charge in [0, 0.05) is 38.8 Å². The first-order valence-electron chi connectivity index (χ1n) is 9.48. The number of rotatable bonds is 4. The number of nitro benzene ring substituents is 1. The number of fused-ring (bicyclic) bond motifs is 1. The lowest BCUT2D eigenvalue weighted by molar-refractivity contribution is -0.385. The van der Waals surface area contributed by atoms with E-state index in [-0.39, 0.29) is 29.5 Å². The van der Waals surface area contributed by atoms with Crippen molar-refractivity contribution in [1.29, 1.82) is 0 Å². The van der Waals surface area contributed by atoms with Crippen molar-refractivity contribution < 1.29 is 32.4 Å². The van der Waals surface area contributed by atoms with E-state index in [9.17, 15) is 28.1 Å². The zero-order valence-electron chi connectivity index (χ0n) is 16.2. The van der Waals surface area contributed by atoms with E-state index in [0.29, 0.717) is 32.7 Å². The molecule has 2 aromatic carbocycles. The second-order valence-corrected chi connectivity index (χ2v) is 7.24. The molecule has 1 saturated heterocycles. The van der Waals surface area contributed by atoms with Gasteiger partial charge in [0.25, 0.3) is 11.6 Å². The monoisotopic (exact) mass is 437 g/mol. The predicted molar refractivity (Wildman–Crippen MR) is 102 cm³/mol. The molecule has 2 aliphatic rings. The molecule has 0 aliphatic carbocycles. The highest BCUT2D eigenvalue weighted by Gasteiger charge is 2.32. The highest BCUT2D eigenvalue weighted by atomic mass is 19.4. The summed E-state index contributed by atoms with van der Waals surface area (Å²) < 4.78 is 48.4. The quantitative estimate of drug-likeness (QED) is 0.539. The van der Waals surface area contributed by atoms with Gasteiger partial charge in [-0.05, 0) is 17.7 Å². The van der Waals surface area contributed by atoms with E-state index in [1.54, 1.807) is 0 Å². The second-order valence-electron chi connectivity index (χ2n) is 7.24. The Balaban J connectivity index is 1.40.